The van der Waals surface area contributed by atoms with Gasteiger partial charge in [0.2, 0.25) is 0 Å². The average Bonchev–Trinajstić information content (AvgIpc) is 3.42. The molecule has 0 spiro atoms. The highest BCUT2D eigenvalue weighted by Gasteiger charge is 2.46. The lowest BCUT2D eigenvalue weighted by atomic mass is 9.93. The predicted octanol–water partition coefficient (Wildman–Crippen LogP) is 4.61. The number of halogens is 2. The van der Waals surface area contributed by atoms with Crippen LogP contribution >= 0.6 is 11.3 Å². The van der Waals surface area contributed by atoms with Gasteiger partial charge in [-0.15, -0.1) is 11.3 Å². The number of hydrogen-bond acceptors (Lipinski definition) is 12. The zero-order chi connectivity index (χ0) is 32.7. The van der Waals surface area contributed by atoms with E-state index in [1.165, 1.54) is 0 Å². The molecule has 4 aromatic rings. The number of pyridine rings is 1. The molecule has 48 heavy (non-hydrogen) atoms. The third kappa shape index (κ3) is 4.61. The van der Waals surface area contributed by atoms with Gasteiger partial charge in [-0.2, -0.15) is 20.5 Å². The molecule has 2 bridgehead atoms. The number of thiophene rings is 1. The zero-order valence-electron chi connectivity index (χ0n) is 26.2. The lowest BCUT2D eigenvalue weighted by Gasteiger charge is -2.37. The van der Waals surface area contributed by atoms with E-state index in [0.717, 1.165) is 87.9 Å². The molecular weight excluding hydrogens is 636 g/mol. The molecule has 0 amide bonds. The van der Waals surface area contributed by atoms with Gasteiger partial charge >= 0.3 is 6.01 Å². The van der Waals surface area contributed by atoms with Crippen LogP contribution in [-0.2, 0) is 18.0 Å². The van der Waals surface area contributed by atoms with Gasteiger partial charge < -0.3 is 30.3 Å². The summed E-state index contributed by atoms with van der Waals surface area (Å²) in [7, 11) is 0. The Bertz CT molecular complexity index is 2070. The van der Waals surface area contributed by atoms with Crippen molar-refractivity contribution < 1.29 is 18.3 Å². The van der Waals surface area contributed by atoms with E-state index in [4.69, 9.17) is 25.2 Å². The van der Waals surface area contributed by atoms with Crippen molar-refractivity contribution in [3.8, 4) is 29.4 Å². The van der Waals surface area contributed by atoms with E-state index in [0.29, 0.717) is 23.4 Å². The molecule has 1 saturated carbocycles. The molecule has 1 aliphatic carbocycles. The number of nitrogens with two attached hydrogens (primary N) is 1. The number of likely N-dealkylation sites (tertiary alicyclic amines) is 1. The molecule has 5 aliphatic rings. The van der Waals surface area contributed by atoms with Gasteiger partial charge in [0, 0.05) is 54.6 Å². The average molecular weight is 670 g/mol. The maximum Gasteiger partial charge on any atom is 0.319 e. The molecule has 3 saturated heterocycles. The quantitative estimate of drug-likeness (QED) is 0.284. The Morgan fingerprint density at radius 2 is 1.90 bits per heavy atom. The van der Waals surface area contributed by atoms with Crippen LogP contribution in [0.5, 0.6) is 6.01 Å². The summed E-state index contributed by atoms with van der Waals surface area (Å²) in [4.78, 5) is 18.8. The van der Waals surface area contributed by atoms with Crippen LogP contribution in [0.25, 0.3) is 32.2 Å². The Labute approximate surface area is 279 Å². The number of nitrogens with one attached hydrogen (secondary N) is 1. The molecule has 0 radical (unpaired) electrons. The number of aromatic nitrogens is 3. The highest BCUT2D eigenvalue weighted by Crippen LogP contribution is 2.49. The van der Waals surface area contributed by atoms with E-state index >= 15 is 4.39 Å². The Balaban J connectivity index is 1.20. The molecule has 1 aromatic carbocycles. The van der Waals surface area contributed by atoms with Crippen molar-refractivity contribution in [3.63, 3.8) is 0 Å². The first kappa shape index (κ1) is 29.9. The van der Waals surface area contributed by atoms with Crippen molar-refractivity contribution in [1.82, 2.24) is 25.2 Å². The minimum Gasteiger partial charge on any atom is -0.463 e. The fourth-order valence-corrected chi connectivity index (χ4v) is 9.22. The molecule has 14 heteroatoms. The topological polar surface area (TPSA) is 149 Å². The van der Waals surface area contributed by atoms with Crippen LogP contribution in [0.1, 0.15) is 48.8 Å². The zero-order valence-corrected chi connectivity index (χ0v) is 27.0. The van der Waals surface area contributed by atoms with E-state index in [-0.39, 0.29) is 80.1 Å². The highest BCUT2D eigenvalue weighted by atomic mass is 32.1. The number of nitriles is 2. The van der Waals surface area contributed by atoms with Crippen molar-refractivity contribution >= 4 is 43.1 Å². The van der Waals surface area contributed by atoms with Gasteiger partial charge in [-0.1, -0.05) is 0 Å². The maximum absolute atomic E-state index is 17.3. The van der Waals surface area contributed by atoms with Crippen molar-refractivity contribution in [3.05, 3.63) is 34.5 Å². The van der Waals surface area contributed by atoms with Gasteiger partial charge in [-0.05, 0) is 49.8 Å². The second-order valence-electron chi connectivity index (χ2n) is 13.9. The standard InChI is InChI=1S/C34H33F2N9O2S/c35-23-11-41-28(25-20(8-38)31(39)48-30(23)25)24-21-13-46-14-22(21)26-29(27(24)36)42-33(43-32(26)45-18-1-2-19(45)10-40-9-18)47-16-34(4-5-34)15-44-6-3-17(7-37)12-44/h11,17-19,40H,1-6,9-10,12-16,39H2/t17-,18?,19?/m0/s1. The van der Waals surface area contributed by atoms with Crippen molar-refractivity contribution in [1.29, 1.82) is 10.5 Å². The summed E-state index contributed by atoms with van der Waals surface area (Å²) in [5.74, 6) is -0.550. The monoisotopic (exact) mass is 669 g/mol. The second kappa shape index (κ2) is 11.2. The van der Waals surface area contributed by atoms with E-state index in [9.17, 15) is 14.9 Å². The molecule has 4 aliphatic heterocycles. The van der Waals surface area contributed by atoms with Crippen molar-refractivity contribution in [2.24, 2.45) is 11.3 Å². The first-order chi connectivity index (χ1) is 23.4. The molecule has 9 rings (SSSR count). The van der Waals surface area contributed by atoms with E-state index in [2.05, 4.69) is 32.2 Å². The fourth-order valence-electron chi connectivity index (χ4n) is 8.30. The second-order valence-corrected chi connectivity index (χ2v) is 14.9. The number of nitrogens with zero attached hydrogens (tertiary/aromatic N) is 7. The Kier molecular flexibility index (Phi) is 6.96. The number of ether oxygens (including phenoxy) is 2. The normalized spacial score (nSPS) is 24.2. The fraction of sp³-hybridized carbons (Fsp3) is 0.500. The number of nitrogen functional groups attached to an aromatic ring is 1. The SMILES string of the molecule is N#Cc1c(N)sc2c(F)cnc(-c3c4c(c5c(N6C7CCC6CNC7)nc(OCC6(CN7CC[C@@H](C#N)C7)CC6)nc5c3F)COC4)c12. The first-order valence-electron chi connectivity index (χ1n) is 16.5. The van der Waals surface area contributed by atoms with Crippen LogP contribution in [0, 0.1) is 45.6 Å². The van der Waals surface area contributed by atoms with Crippen LogP contribution in [0.4, 0.5) is 19.6 Å². The number of benzene rings is 1. The molecule has 2 unspecified atom stereocenters. The number of anilines is 2. The van der Waals surface area contributed by atoms with Gasteiger partial charge in [0.1, 0.15) is 22.4 Å². The Hall–Kier alpha value is -4.21. The third-order valence-electron chi connectivity index (χ3n) is 10.9. The molecule has 3 N–H and O–H groups in total. The molecule has 246 valence electrons. The molecular formula is C34H33F2N9O2S. The Morgan fingerprint density at radius 1 is 1.10 bits per heavy atom. The minimum atomic E-state index is -0.639. The summed E-state index contributed by atoms with van der Waals surface area (Å²) in [5, 5.41) is 23.8. The van der Waals surface area contributed by atoms with Crippen molar-refractivity contribution in [2.45, 2.75) is 57.4 Å². The molecule has 7 heterocycles. The summed E-state index contributed by atoms with van der Waals surface area (Å²) < 4.78 is 44.8. The summed E-state index contributed by atoms with van der Waals surface area (Å²) in [6.45, 7) is 4.85. The predicted molar refractivity (Wildman–Crippen MR) is 175 cm³/mol. The summed E-state index contributed by atoms with van der Waals surface area (Å²) in [6.07, 6.45) is 5.93. The van der Waals surface area contributed by atoms with Crippen LogP contribution in [-0.4, -0.2) is 71.3 Å². The summed E-state index contributed by atoms with van der Waals surface area (Å²) in [5.41, 5.74) is 7.87. The maximum atomic E-state index is 17.3. The largest absolute Gasteiger partial charge is 0.463 e. The van der Waals surface area contributed by atoms with Crippen LogP contribution < -0.4 is 20.7 Å². The van der Waals surface area contributed by atoms with Gasteiger partial charge in [0.15, 0.2) is 11.6 Å². The Morgan fingerprint density at radius 3 is 2.62 bits per heavy atom. The number of rotatable bonds is 7. The molecule has 4 fully saturated rings. The highest BCUT2D eigenvalue weighted by molar-refractivity contribution is 7.23. The number of hydrogen-bond donors (Lipinski definition) is 2. The van der Waals surface area contributed by atoms with E-state index < -0.39 is 11.6 Å². The van der Waals surface area contributed by atoms with Crippen LogP contribution in [0.2, 0.25) is 0 Å². The number of fused-ring (bicyclic) bond motifs is 6. The first-order valence-corrected chi connectivity index (χ1v) is 17.3. The van der Waals surface area contributed by atoms with Gasteiger partial charge in [0.25, 0.3) is 0 Å². The van der Waals surface area contributed by atoms with Gasteiger partial charge in [0.05, 0.1) is 59.3 Å². The minimum absolute atomic E-state index is 0.0530. The number of piperazine rings is 1. The van der Waals surface area contributed by atoms with Crippen molar-refractivity contribution in [2.75, 3.05) is 50.0 Å². The molecule has 11 nitrogen and oxygen atoms in total. The summed E-state index contributed by atoms with van der Waals surface area (Å²) >= 11 is 0.949. The van der Waals surface area contributed by atoms with E-state index in [1.807, 2.05) is 0 Å². The molecule has 3 aromatic heterocycles. The van der Waals surface area contributed by atoms with Crippen LogP contribution in [0.15, 0.2) is 6.20 Å². The smallest absolute Gasteiger partial charge is 0.319 e. The van der Waals surface area contributed by atoms with Gasteiger partial charge in [-0.3, -0.25) is 4.98 Å². The van der Waals surface area contributed by atoms with E-state index in [1.54, 1.807) is 0 Å². The lowest BCUT2D eigenvalue weighted by molar-refractivity contribution is 0.135. The summed E-state index contributed by atoms with van der Waals surface area (Å²) in [6, 6.07) is 4.96. The molecule has 3 atom stereocenters. The third-order valence-corrected chi connectivity index (χ3v) is 11.9. The van der Waals surface area contributed by atoms with Crippen LogP contribution in [0.3, 0.4) is 0 Å². The van der Waals surface area contributed by atoms with Gasteiger partial charge in [-0.25, -0.2) is 8.78 Å². The lowest BCUT2D eigenvalue weighted by Crippen LogP contribution is -2.52.